The van der Waals surface area contributed by atoms with Crippen LogP contribution < -0.4 is 5.32 Å². The second-order valence-corrected chi connectivity index (χ2v) is 19.0. The van der Waals surface area contributed by atoms with E-state index in [1.165, 1.54) is 141 Å². The number of allylic oxidation sites excluding steroid dienone is 12. The minimum atomic E-state index is -0.802. The molecule has 0 spiro atoms. The van der Waals surface area contributed by atoms with Crippen molar-refractivity contribution in [2.75, 3.05) is 6.61 Å². The highest BCUT2D eigenvalue weighted by Gasteiger charge is 2.24. The lowest BCUT2D eigenvalue weighted by Crippen LogP contribution is -2.46. The standard InChI is InChI=1S/C60H107NO5/c1-4-7-10-13-16-19-22-25-27-29-30-31-33-35-38-41-44-47-50-53-60(65)66-56(51-48-45-42-39-36-24-21-18-15-12-9-6-3)54-59(64)61-57(55-62)58(63)52-49-46-43-40-37-34-32-28-26-23-20-17-14-11-8-5-2/h7,10,16,19,25,27,30-31,35,38,44,47,56-58,62-63H,4-6,8-9,11-15,17-18,20-24,26,28-29,32-34,36-37,39-43,45-46,48-55H2,1-3H3,(H,61,64)/b10-7-,19-16-,27-25-,31-30-,38-35-,47-44-. The first kappa shape index (κ1) is 63.3. The third-order valence-corrected chi connectivity index (χ3v) is 12.6. The van der Waals surface area contributed by atoms with E-state index in [-0.39, 0.29) is 31.3 Å². The third-order valence-electron chi connectivity index (χ3n) is 12.6. The topological polar surface area (TPSA) is 95.9 Å². The van der Waals surface area contributed by atoms with E-state index >= 15 is 0 Å². The first-order valence-corrected chi connectivity index (χ1v) is 28.2. The Morgan fingerprint density at radius 3 is 1.15 bits per heavy atom. The molecule has 6 nitrogen and oxygen atoms in total. The Balaban J connectivity index is 4.61. The van der Waals surface area contributed by atoms with Crippen LogP contribution in [-0.2, 0) is 14.3 Å². The Kier molecular flexibility index (Phi) is 51.1. The summed E-state index contributed by atoms with van der Waals surface area (Å²) >= 11 is 0. The van der Waals surface area contributed by atoms with Crippen molar-refractivity contribution in [3.63, 3.8) is 0 Å². The number of aliphatic hydroxyl groups is 2. The van der Waals surface area contributed by atoms with Crippen LogP contribution in [0.25, 0.3) is 0 Å². The largest absolute Gasteiger partial charge is 0.462 e. The van der Waals surface area contributed by atoms with Gasteiger partial charge in [0.25, 0.3) is 0 Å². The molecule has 0 saturated carbocycles. The number of hydrogen-bond donors (Lipinski definition) is 3. The molecule has 0 aromatic carbocycles. The fourth-order valence-corrected chi connectivity index (χ4v) is 8.34. The van der Waals surface area contributed by atoms with Crippen molar-refractivity contribution < 1.29 is 24.5 Å². The molecule has 0 aromatic heterocycles. The number of unbranched alkanes of at least 4 members (excludes halogenated alkanes) is 26. The Bertz CT molecular complexity index is 1220. The van der Waals surface area contributed by atoms with Gasteiger partial charge in [-0.3, -0.25) is 9.59 Å². The minimum absolute atomic E-state index is 0.0476. The Morgan fingerprint density at radius 1 is 0.455 bits per heavy atom. The van der Waals surface area contributed by atoms with Crippen LogP contribution in [-0.4, -0.2) is 46.9 Å². The van der Waals surface area contributed by atoms with Crippen molar-refractivity contribution >= 4 is 11.9 Å². The summed E-state index contributed by atoms with van der Waals surface area (Å²) in [5.74, 6) is -0.567. The maximum atomic E-state index is 13.2. The van der Waals surface area contributed by atoms with Crippen molar-refractivity contribution in [1.82, 2.24) is 5.32 Å². The molecule has 3 atom stereocenters. The maximum Gasteiger partial charge on any atom is 0.306 e. The third kappa shape index (κ3) is 47.8. The zero-order chi connectivity index (χ0) is 48.1. The summed E-state index contributed by atoms with van der Waals surface area (Å²) in [5.41, 5.74) is 0. The first-order chi connectivity index (χ1) is 32.5. The van der Waals surface area contributed by atoms with Gasteiger partial charge in [0.1, 0.15) is 6.10 Å². The number of nitrogens with one attached hydrogen (secondary N) is 1. The van der Waals surface area contributed by atoms with E-state index in [4.69, 9.17) is 4.74 Å². The van der Waals surface area contributed by atoms with Crippen LogP contribution in [0.4, 0.5) is 0 Å². The van der Waals surface area contributed by atoms with E-state index in [9.17, 15) is 19.8 Å². The van der Waals surface area contributed by atoms with Crippen LogP contribution in [0.15, 0.2) is 72.9 Å². The molecule has 0 radical (unpaired) electrons. The summed E-state index contributed by atoms with van der Waals surface area (Å²) in [4.78, 5) is 26.2. The molecule has 1 amide bonds. The number of esters is 1. The molecule has 3 unspecified atom stereocenters. The van der Waals surface area contributed by atoms with E-state index in [1.54, 1.807) is 0 Å². The highest BCUT2D eigenvalue weighted by molar-refractivity contribution is 5.77. The van der Waals surface area contributed by atoms with Gasteiger partial charge in [-0.15, -0.1) is 0 Å². The van der Waals surface area contributed by atoms with E-state index in [0.717, 1.165) is 77.0 Å². The van der Waals surface area contributed by atoms with E-state index in [1.807, 2.05) is 6.08 Å². The zero-order valence-electron chi connectivity index (χ0n) is 43.6. The molecule has 0 fully saturated rings. The van der Waals surface area contributed by atoms with Crippen molar-refractivity contribution in [2.45, 2.75) is 289 Å². The lowest BCUT2D eigenvalue weighted by atomic mass is 10.0. The Labute approximate surface area is 409 Å². The van der Waals surface area contributed by atoms with Crippen molar-refractivity contribution in [1.29, 1.82) is 0 Å². The quantitative estimate of drug-likeness (QED) is 0.0321. The van der Waals surface area contributed by atoms with Crippen molar-refractivity contribution in [3.8, 4) is 0 Å². The molecule has 0 aromatic rings. The van der Waals surface area contributed by atoms with E-state index in [0.29, 0.717) is 19.3 Å². The van der Waals surface area contributed by atoms with Crippen LogP contribution in [0.5, 0.6) is 0 Å². The highest BCUT2D eigenvalue weighted by atomic mass is 16.5. The molecular weight excluding hydrogens is 815 g/mol. The first-order valence-electron chi connectivity index (χ1n) is 28.2. The predicted molar refractivity (Wildman–Crippen MR) is 287 cm³/mol. The van der Waals surface area contributed by atoms with Gasteiger partial charge in [-0.1, -0.05) is 267 Å². The van der Waals surface area contributed by atoms with E-state index < -0.39 is 18.2 Å². The molecule has 3 N–H and O–H groups in total. The molecule has 0 saturated heterocycles. The molecule has 0 aliphatic heterocycles. The number of carbonyl (C=O) groups is 2. The SMILES string of the molecule is CC/C=C\C/C=C\C/C=C\C/C=C\C/C=C\C/C=C\CCC(=O)OC(CCCCCCCCCCCCCC)CC(=O)NC(CO)C(O)CCCCCCCCCCCCCCCCCC. The van der Waals surface area contributed by atoms with Crippen molar-refractivity contribution in [3.05, 3.63) is 72.9 Å². The van der Waals surface area contributed by atoms with Crippen LogP contribution in [0.2, 0.25) is 0 Å². The number of amides is 1. The predicted octanol–water partition coefficient (Wildman–Crippen LogP) is 17.3. The summed E-state index contributed by atoms with van der Waals surface area (Å²) in [5, 5.41) is 23.8. The average Bonchev–Trinajstić information content (AvgIpc) is 3.31. The Hall–Kier alpha value is -2.70. The number of aliphatic hydroxyl groups excluding tert-OH is 2. The molecular formula is C60H107NO5. The summed E-state index contributed by atoms with van der Waals surface area (Å²) in [6, 6.07) is -0.718. The number of carbonyl (C=O) groups excluding carboxylic acids is 2. The van der Waals surface area contributed by atoms with Gasteiger partial charge >= 0.3 is 5.97 Å². The van der Waals surface area contributed by atoms with Gasteiger partial charge in [-0.25, -0.2) is 0 Å². The van der Waals surface area contributed by atoms with Gasteiger partial charge in [0.15, 0.2) is 0 Å². The number of hydrogen-bond acceptors (Lipinski definition) is 5. The molecule has 0 aliphatic rings. The van der Waals surface area contributed by atoms with Gasteiger partial charge in [-0.2, -0.15) is 0 Å². The van der Waals surface area contributed by atoms with Crippen LogP contribution in [0.3, 0.4) is 0 Å². The van der Waals surface area contributed by atoms with Crippen LogP contribution in [0.1, 0.15) is 271 Å². The minimum Gasteiger partial charge on any atom is -0.462 e. The normalized spacial score (nSPS) is 13.7. The molecule has 382 valence electrons. The molecule has 0 aliphatic carbocycles. The molecule has 0 bridgehead atoms. The van der Waals surface area contributed by atoms with Gasteiger partial charge in [-0.05, 0) is 64.2 Å². The lowest BCUT2D eigenvalue weighted by Gasteiger charge is -2.24. The van der Waals surface area contributed by atoms with E-state index in [2.05, 4.69) is 92.9 Å². The fraction of sp³-hybridized carbons (Fsp3) is 0.767. The number of rotatable bonds is 50. The summed E-state index contributed by atoms with van der Waals surface area (Å²) < 4.78 is 5.91. The monoisotopic (exact) mass is 922 g/mol. The summed E-state index contributed by atoms with van der Waals surface area (Å²) in [6.45, 7) is 6.37. The van der Waals surface area contributed by atoms with Crippen LogP contribution in [0, 0.1) is 0 Å². The molecule has 0 heterocycles. The number of ether oxygens (including phenoxy) is 1. The van der Waals surface area contributed by atoms with Crippen molar-refractivity contribution in [2.24, 2.45) is 0 Å². The second-order valence-electron chi connectivity index (χ2n) is 19.0. The zero-order valence-corrected chi connectivity index (χ0v) is 43.6. The summed E-state index contributed by atoms with van der Waals surface area (Å²) in [7, 11) is 0. The van der Waals surface area contributed by atoms with Gasteiger partial charge in [0.05, 0.1) is 25.2 Å². The van der Waals surface area contributed by atoms with Crippen LogP contribution >= 0.6 is 0 Å². The molecule has 0 rings (SSSR count). The highest BCUT2D eigenvalue weighted by Crippen LogP contribution is 2.18. The van der Waals surface area contributed by atoms with Gasteiger partial charge in [0.2, 0.25) is 5.91 Å². The average molecular weight is 923 g/mol. The lowest BCUT2D eigenvalue weighted by molar-refractivity contribution is -0.150. The second kappa shape index (κ2) is 53.3. The summed E-state index contributed by atoms with van der Waals surface area (Å²) in [6.07, 6.45) is 68.3. The van der Waals surface area contributed by atoms with Gasteiger partial charge in [0, 0.05) is 6.42 Å². The van der Waals surface area contributed by atoms with Gasteiger partial charge < -0.3 is 20.3 Å². The maximum absolute atomic E-state index is 13.2. The fourth-order valence-electron chi connectivity index (χ4n) is 8.34. The molecule has 6 heteroatoms. The smallest absolute Gasteiger partial charge is 0.306 e. The Morgan fingerprint density at radius 2 is 0.788 bits per heavy atom. The molecule has 66 heavy (non-hydrogen) atoms.